The highest BCUT2D eigenvalue weighted by Crippen LogP contribution is 2.31. The van der Waals surface area contributed by atoms with Gasteiger partial charge in [-0.15, -0.1) is 0 Å². The average Bonchev–Trinajstić information content (AvgIpc) is 3.01. The lowest BCUT2D eigenvalue weighted by atomic mass is 10.0. The van der Waals surface area contributed by atoms with E-state index in [1.54, 1.807) is 31.3 Å². The fourth-order valence-electron chi connectivity index (χ4n) is 3.33. The van der Waals surface area contributed by atoms with Gasteiger partial charge in [0, 0.05) is 43.0 Å². The zero-order chi connectivity index (χ0) is 22.8. The molecule has 2 N–H and O–H groups in total. The average molecular weight is 469 g/mol. The summed E-state index contributed by atoms with van der Waals surface area (Å²) in [6, 6.07) is 10.3. The van der Waals surface area contributed by atoms with E-state index < -0.39 is 34.3 Å². The molecule has 0 spiro atoms. The summed E-state index contributed by atoms with van der Waals surface area (Å²) in [7, 11) is 1.59. The van der Waals surface area contributed by atoms with Gasteiger partial charge in [-0.1, -0.05) is 17.7 Å². The van der Waals surface area contributed by atoms with E-state index in [4.69, 9.17) is 11.6 Å². The molecule has 0 aliphatic carbocycles. The molecule has 0 aromatic heterocycles. The first-order chi connectivity index (χ1) is 14.6. The Morgan fingerprint density at radius 3 is 2.81 bits per heavy atom. The molecule has 8 nitrogen and oxygen atoms in total. The Kier molecular flexibility index (Phi) is 6.95. The molecular formula is C20H20ClFN3O5S-. The summed E-state index contributed by atoms with van der Waals surface area (Å²) in [5.41, 5.74) is -0.907. The largest absolute Gasteiger partial charge is 0.771 e. The predicted octanol–water partition coefficient (Wildman–Crippen LogP) is 1.54. The SMILES string of the molecule is CN(CS(=O)[O-])c1cccc(N2CC[C@@](O)(C(=O)NCc3cc(F)cc(Cl)c3)C2=O)c1. The van der Waals surface area contributed by atoms with E-state index in [-0.39, 0.29) is 30.4 Å². The molecule has 0 bridgehead atoms. The van der Waals surface area contributed by atoms with Crippen molar-refractivity contribution in [3.63, 3.8) is 0 Å². The Morgan fingerprint density at radius 2 is 2.13 bits per heavy atom. The molecule has 3 rings (SSSR count). The van der Waals surface area contributed by atoms with Crippen molar-refractivity contribution < 1.29 is 27.8 Å². The van der Waals surface area contributed by atoms with Gasteiger partial charge < -0.3 is 24.8 Å². The van der Waals surface area contributed by atoms with Gasteiger partial charge in [0.25, 0.3) is 11.8 Å². The molecule has 0 radical (unpaired) electrons. The van der Waals surface area contributed by atoms with Gasteiger partial charge in [-0.25, -0.2) is 4.39 Å². The summed E-state index contributed by atoms with van der Waals surface area (Å²) in [5.74, 6) is -2.48. The van der Waals surface area contributed by atoms with E-state index in [1.165, 1.54) is 21.9 Å². The van der Waals surface area contributed by atoms with Crippen LogP contribution < -0.4 is 15.1 Å². The van der Waals surface area contributed by atoms with Gasteiger partial charge in [0.05, 0.1) is 5.88 Å². The highest BCUT2D eigenvalue weighted by atomic mass is 35.5. The zero-order valence-electron chi connectivity index (χ0n) is 16.5. The van der Waals surface area contributed by atoms with E-state index in [0.717, 1.165) is 6.07 Å². The zero-order valence-corrected chi connectivity index (χ0v) is 18.1. The number of carbonyl (C=O) groups is 2. The van der Waals surface area contributed by atoms with Crippen molar-refractivity contribution in [2.45, 2.75) is 18.6 Å². The number of hydrogen-bond donors (Lipinski definition) is 2. The number of amides is 2. The first-order valence-electron chi connectivity index (χ1n) is 9.25. The van der Waals surface area contributed by atoms with Crippen molar-refractivity contribution in [2.75, 3.05) is 29.3 Å². The van der Waals surface area contributed by atoms with Crippen molar-refractivity contribution in [1.29, 1.82) is 0 Å². The molecule has 1 aliphatic rings. The van der Waals surface area contributed by atoms with Crippen molar-refractivity contribution in [3.8, 4) is 0 Å². The lowest BCUT2D eigenvalue weighted by Gasteiger charge is -2.24. The van der Waals surface area contributed by atoms with Crippen molar-refractivity contribution in [3.05, 3.63) is 58.9 Å². The first-order valence-corrected chi connectivity index (χ1v) is 10.9. The summed E-state index contributed by atoms with van der Waals surface area (Å²) in [6.45, 7) is -0.0201. The monoisotopic (exact) mass is 468 g/mol. The third-order valence-electron chi connectivity index (χ3n) is 4.93. The van der Waals surface area contributed by atoms with Gasteiger partial charge in [-0.3, -0.25) is 13.8 Å². The quantitative estimate of drug-likeness (QED) is 0.470. The Balaban J connectivity index is 1.72. The number of rotatable bonds is 7. The summed E-state index contributed by atoms with van der Waals surface area (Å²) < 4.78 is 35.3. The summed E-state index contributed by atoms with van der Waals surface area (Å²) in [4.78, 5) is 28.2. The van der Waals surface area contributed by atoms with Crippen LogP contribution in [0.4, 0.5) is 15.8 Å². The minimum absolute atomic E-state index is 0.0925. The number of hydrogen-bond acceptors (Lipinski definition) is 6. The van der Waals surface area contributed by atoms with Crippen LogP contribution in [0.2, 0.25) is 5.02 Å². The number of benzene rings is 2. The maximum Gasteiger partial charge on any atom is 0.268 e. The molecule has 1 fully saturated rings. The van der Waals surface area contributed by atoms with Crippen LogP contribution in [0.25, 0.3) is 0 Å². The fourth-order valence-corrected chi connectivity index (χ4v) is 4.04. The Morgan fingerprint density at radius 1 is 1.39 bits per heavy atom. The van der Waals surface area contributed by atoms with Crippen LogP contribution in [0.15, 0.2) is 42.5 Å². The molecule has 1 heterocycles. The molecule has 2 amide bonds. The van der Waals surface area contributed by atoms with Gasteiger partial charge in [0.15, 0.2) is 0 Å². The number of nitrogens with one attached hydrogen (secondary N) is 1. The molecule has 2 aromatic carbocycles. The highest BCUT2D eigenvalue weighted by Gasteiger charge is 2.51. The molecular weight excluding hydrogens is 449 g/mol. The molecule has 31 heavy (non-hydrogen) atoms. The molecule has 2 atom stereocenters. The Hall–Kier alpha value is -2.53. The van der Waals surface area contributed by atoms with Crippen LogP contribution in [0.1, 0.15) is 12.0 Å². The molecule has 1 unspecified atom stereocenters. The van der Waals surface area contributed by atoms with Crippen LogP contribution in [0.3, 0.4) is 0 Å². The maximum atomic E-state index is 13.4. The summed E-state index contributed by atoms with van der Waals surface area (Å²) >= 11 is 3.51. The van der Waals surface area contributed by atoms with Crippen molar-refractivity contribution >= 4 is 45.9 Å². The maximum absolute atomic E-state index is 13.4. The van der Waals surface area contributed by atoms with E-state index in [1.807, 2.05) is 0 Å². The van der Waals surface area contributed by atoms with Gasteiger partial charge in [-0.2, -0.15) is 0 Å². The molecule has 2 aromatic rings. The van der Waals surface area contributed by atoms with Gasteiger partial charge >= 0.3 is 0 Å². The van der Waals surface area contributed by atoms with Gasteiger partial charge in [-0.05, 0) is 53.0 Å². The van der Waals surface area contributed by atoms with E-state index in [9.17, 15) is 27.8 Å². The van der Waals surface area contributed by atoms with Crippen LogP contribution >= 0.6 is 11.6 Å². The van der Waals surface area contributed by atoms with Crippen LogP contribution in [0, 0.1) is 5.82 Å². The molecule has 1 saturated heterocycles. The Bertz CT molecular complexity index is 1020. The fraction of sp³-hybridized carbons (Fsp3) is 0.300. The van der Waals surface area contributed by atoms with Gasteiger partial charge in [0.1, 0.15) is 5.82 Å². The normalized spacial score (nSPS) is 19.4. The van der Waals surface area contributed by atoms with Crippen molar-refractivity contribution in [2.24, 2.45) is 0 Å². The highest BCUT2D eigenvalue weighted by molar-refractivity contribution is 7.79. The van der Waals surface area contributed by atoms with E-state index in [2.05, 4.69) is 5.32 Å². The van der Waals surface area contributed by atoms with Crippen molar-refractivity contribution in [1.82, 2.24) is 5.32 Å². The first kappa shape index (κ1) is 23.1. The van der Waals surface area contributed by atoms with Crippen LogP contribution in [-0.4, -0.2) is 50.8 Å². The topological polar surface area (TPSA) is 113 Å². The smallest absolute Gasteiger partial charge is 0.268 e. The van der Waals surface area contributed by atoms with E-state index >= 15 is 0 Å². The minimum atomic E-state index is -2.28. The number of carbonyl (C=O) groups excluding carboxylic acids is 2. The number of nitrogens with zero attached hydrogens (tertiary/aromatic N) is 2. The second kappa shape index (κ2) is 9.31. The third-order valence-corrected chi connectivity index (χ3v) is 5.74. The van der Waals surface area contributed by atoms with Gasteiger partial charge in [0.2, 0.25) is 5.60 Å². The van der Waals surface area contributed by atoms with E-state index in [0.29, 0.717) is 16.9 Å². The van der Waals surface area contributed by atoms with Crippen LogP contribution in [0.5, 0.6) is 0 Å². The summed E-state index contributed by atoms with van der Waals surface area (Å²) in [6.07, 6.45) is -0.133. The molecule has 11 heteroatoms. The summed E-state index contributed by atoms with van der Waals surface area (Å²) in [5, 5.41) is 13.4. The number of halogens is 2. The predicted molar refractivity (Wildman–Crippen MR) is 114 cm³/mol. The minimum Gasteiger partial charge on any atom is -0.771 e. The molecule has 166 valence electrons. The second-order valence-corrected chi connectivity index (χ2v) is 8.48. The van der Waals surface area contributed by atoms with Crippen LogP contribution in [-0.2, 0) is 27.2 Å². The lowest BCUT2D eigenvalue weighted by Crippen LogP contribution is -2.52. The lowest BCUT2D eigenvalue weighted by molar-refractivity contribution is -0.149. The molecule has 1 aliphatic heterocycles. The second-order valence-electron chi connectivity index (χ2n) is 7.18. The number of anilines is 2. The molecule has 0 saturated carbocycles. The third kappa shape index (κ3) is 5.21. The number of aliphatic hydroxyl groups is 1. The Labute approximate surface area is 185 Å². The standard InChI is InChI=1S/C20H21ClFN3O5S/c1-24(12-31(29)30)16-3-2-4-17(10-16)25-6-5-20(28,19(25)27)18(26)23-11-13-7-14(21)9-15(22)8-13/h2-4,7-10,28H,5-6,11-12H2,1H3,(H,23,26)(H,29,30)/p-1/t20-/m1/s1.